The molecule has 1 radical (unpaired) electrons. The molecule has 0 amide bonds. The molecule has 0 saturated carbocycles. The van der Waals surface area contributed by atoms with Gasteiger partial charge in [-0.15, -0.1) is 0 Å². The Balaban J connectivity index is -0.0000000246. The maximum absolute atomic E-state index is 7.50. The van der Waals surface area contributed by atoms with Crippen LogP contribution in [0.4, 0.5) is 0 Å². The molecule has 0 fully saturated rings. The first-order valence-corrected chi connectivity index (χ1v) is 7.17. The molecule has 32 heavy (non-hydrogen) atoms. The van der Waals surface area contributed by atoms with Crippen molar-refractivity contribution in [3.63, 3.8) is 0 Å². The van der Waals surface area contributed by atoms with Crippen LogP contribution in [0.3, 0.4) is 0 Å². The molecule has 0 rings (SSSR count). The summed E-state index contributed by atoms with van der Waals surface area (Å²) < 4.78 is 74.2. The van der Waals surface area contributed by atoms with Gasteiger partial charge in [-0.2, -0.15) is 0 Å². The molecule has 0 aromatic carbocycles. The molecule has 0 saturated heterocycles. The minimum atomic E-state index is 0. The summed E-state index contributed by atoms with van der Waals surface area (Å²) in [6.45, 7) is 32.2. The first-order chi connectivity index (χ1) is 14.8. The van der Waals surface area contributed by atoms with Crippen LogP contribution in [0.5, 0.6) is 0 Å². The zero-order chi connectivity index (χ0) is 25.9. The normalized spacial score (nSPS) is 6.00. The van der Waals surface area contributed by atoms with Crippen molar-refractivity contribution < 1.29 is 104 Å². The number of rotatable bonds is 12. The summed E-state index contributed by atoms with van der Waals surface area (Å²) in [6.07, 6.45) is 0. The first kappa shape index (κ1) is 63.5. The molecule has 0 aromatic heterocycles. The van der Waals surface area contributed by atoms with Crippen LogP contribution in [-0.4, -0.2) is 81.3 Å². The van der Waals surface area contributed by atoms with Gasteiger partial charge in [-0.25, -0.2) is 0 Å². The SMILES string of the molecule is COCCOCCOC.COCCOCCOC.[C-]#[O+].[C-]#[O+].[C-]#[O+].[C-]#[O+].[C-]#[O+].[C-]#[O+].[Na+].[V]. The van der Waals surface area contributed by atoms with E-state index in [1.807, 2.05) is 0 Å². The number of methoxy groups -OCH3 is 4. The van der Waals surface area contributed by atoms with E-state index in [0.717, 1.165) is 0 Å². The Kier molecular flexibility index (Phi) is 285. The third kappa shape index (κ3) is 178. The van der Waals surface area contributed by atoms with Crippen LogP contribution in [-0.2, 0) is 74.9 Å². The summed E-state index contributed by atoms with van der Waals surface area (Å²) >= 11 is 0. The Labute approximate surface area is 224 Å². The molecule has 12 nitrogen and oxygen atoms in total. The van der Waals surface area contributed by atoms with Crippen LogP contribution in [0.25, 0.3) is 0 Å². The smallest absolute Gasteiger partial charge is 0 e. The van der Waals surface area contributed by atoms with Gasteiger partial charge in [0, 0.05) is 47.0 Å². The molecule has 0 bridgehead atoms. The Morgan fingerprint density at radius 3 is 0.594 bits per heavy atom. The summed E-state index contributed by atoms with van der Waals surface area (Å²) in [7, 11) is 6.61. The molecule has 0 aliphatic rings. The predicted octanol–water partition coefficient (Wildman–Crippen LogP) is -2.63. The van der Waals surface area contributed by atoms with Crippen molar-refractivity contribution in [1.82, 2.24) is 0 Å². The van der Waals surface area contributed by atoms with Crippen molar-refractivity contribution in [3.8, 4) is 0 Å². The first-order valence-electron chi connectivity index (χ1n) is 7.17. The van der Waals surface area contributed by atoms with Gasteiger partial charge in [-0.3, -0.25) is 0 Å². The fourth-order valence-corrected chi connectivity index (χ4v) is 0.773. The fraction of sp³-hybridized carbons (Fsp3) is 0.667. The van der Waals surface area contributed by atoms with Gasteiger partial charge >= 0.3 is 97.4 Å². The van der Waals surface area contributed by atoms with Gasteiger partial charge in [-0.1, -0.05) is 0 Å². The number of ether oxygens (including phenoxy) is 6. The molecular weight excluding hydrogens is 482 g/mol. The van der Waals surface area contributed by atoms with E-state index in [1.54, 1.807) is 28.4 Å². The number of hydrogen-bond donors (Lipinski definition) is 0. The van der Waals surface area contributed by atoms with E-state index < -0.39 is 0 Å². The van der Waals surface area contributed by atoms with Crippen molar-refractivity contribution in [2.45, 2.75) is 0 Å². The van der Waals surface area contributed by atoms with Gasteiger partial charge < -0.3 is 28.4 Å². The van der Waals surface area contributed by atoms with Crippen LogP contribution in [0.1, 0.15) is 0 Å². The average molecular weight is 510 g/mol. The summed E-state index contributed by atoms with van der Waals surface area (Å²) in [6, 6.07) is 0. The Morgan fingerprint density at radius 1 is 0.375 bits per heavy atom. The second-order valence-electron chi connectivity index (χ2n) is 3.20. The monoisotopic (exact) mass is 510 g/mol. The topological polar surface area (TPSA) is 175 Å². The molecule has 0 unspecified atom stereocenters. The molecule has 0 spiro atoms. The average Bonchev–Trinajstić information content (AvgIpc) is 2.87. The maximum Gasteiger partial charge on any atom is 1.00 e. The standard InChI is InChI=1S/2C6H14O3.6CO.Na.V/c2*1-7-3-5-9-6-4-8-2;6*1-2;;/h2*3-6H2,1-2H3;;;;;;;;/q;;;;;;;;+1;. The van der Waals surface area contributed by atoms with E-state index in [4.69, 9.17) is 56.3 Å². The quantitative estimate of drug-likeness (QED) is 0.120. The summed E-state index contributed by atoms with van der Waals surface area (Å²) in [4.78, 5) is 0. The Bertz CT molecular complexity index is 261. The van der Waals surface area contributed by atoms with E-state index in [0.29, 0.717) is 52.9 Å². The molecule has 177 valence electrons. The molecule has 0 aromatic rings. The molecular formula is C18H28NaO12V+. The molecule has 0 atom stereocenters. The minimum absolute atomic E-state index is 0. The maximum atomic E-state index is 7.50. The van der Waals surface area contributed by atoms with Crippen LogP contribution in [0.2, 0.25) is 0 Å². The van der Waals surface area contributed by atoms with E-state index in [-0.39, 0.29) is 48.1 Å². The van der Waals surface area contributed by atoms with Crippen LogP contribution in [0.15, 0.2) is 0 Å². The van der Waals surface area contributed by atoms with Crippen LogP contribution in [0, 0.1) is 39.9 Å². The predicted molar refractivity (Wildman–Crippen MR) is 92.7 cm³/mol. The molecule has 0 aliphatic heterocycles. The van der Waals surface area contributed by atoms with Gasteiger partial charge in [0.1, 0.15) is 0 Å². The van der Waals surface area contributed by atoms with Crippen LogP contribution >= 0.6 is 0 Å². The fourth-order valence-electron chi connectivity index (χ4n) is 0.773. The van der Waals surface area contributed by atoms with Crippen molar-refractivity contribution in [2.75, 3.05) is 81.3 Å². The zero-order valence-corrected chi connectivity index (χ0v) is 22.4. The van der Waals surface area contributed by atoms with E-state index >= 15 is 0 Å². The van der Waals surface area contributed by atoms with E-state index in [1.165, 1.54) is 0 Å². The minimum Gasteiger partial charge on any atom is 0 e. The number of hydrogen-bond acceptors (Lipinski definition) is 6. The van der Waals surface area contributed by atoms with Crippen molar-refractivity contribution in [2.24, 2.45) is 0 Å². The van der Waals surface area contributed by atoms with Crippen molar-refractivity contribution in [1.29, 1.82) is 0 Å². The summed E-state index contributed by atoms with van der Waals surface area (Å²) in [5.74, 6) is 0. The third-order valence-corrected chi connectivity index (χ3v) is 1.73. The van der Waals surface area contributed by atoms with E-state index in [2.05, 4.69) is 39.9 Å². The third-order valence-electron chi connectivity index (χ3n) is 1.73. The van der Waals surface area contributed by atoms with Gasteiger partial charge in [0.15, 0.2) is 0 Å². The Morgan fingerprint density at radius 2 is 0.500 bits per heavy atom. The molecule has 0 aliphatic carbocycles. The van der Waals surface area contributed by atoms with Gasteiger partial charge in [0.25, 0.3) is 0 Å². The zero-order valence-electron chi connectivity index (χ0n) is 19.0. The molecule has 0 heterocycles. The summed E-state index contributed by atoms with van der Waals surface area (Å²) in [5, 5.41) is 0. The van der Waals surface area contributed by atoms with Gasteiger partial charge in [-0.05, 0) is 0 Å². The molecule has 0 N–H and O–H groups in total. The van der Waals surface area contributed by atoms with Gasteiger partial charge in [0.2, 0.25) is 0 Å². The van der Waals surface area contributed by atoms with Gasteiger partial charge in [0.05, 0.1) is 52.9 Å². The second-order valence-corrected chi connectivity index (χ2v) is 3.20. The van der Waals surface area contributed by atoms with Crippen molar-refractivity contribution >= 4 is 0 Å². The van der Waals surface area contributed by atoms with E-state index in [9.17, 15) is 0 Å². The van der Waals surface area contributed by atoms with Crippen LogP contribution < -0.4 is 29.6 Å². The second kappa shape index (κ2) is 144. The largest absolute Gasteiger partial charge is 1.00 e. The molecule has 14 heteroatoms. The summed E-state index contributed by atoms with van der Waals surface area (Å²) in [5.41, 5.74) is 0. The Hall–Kier alpha value is -0.216. The van der Waals surface area contributed by atoms with Crippen molar-refractivity contribution in [3.05, 3.63) is 39.9 Å².